The monoisotopic (exact) mass is 309 g/mol. The number of carbonyl (C=O) groups is 1. The minimum Gasteiger partial charge on any atom is -0.481 e. The third kappa shape index (κ3) is 3.41. The van der Waals surface area contributed by atoms with Crippen molar-refractivity contribution in [2.24, 2.45) is 0 Å². The fourth-order valence-corrected chi connectivity index (χ4v) is 2.57. The molecule has 0 saturated heterocycles. The van der Waals surface area contributed by atoms with Crippen LogP contribution in [0.25, 0.3) is 5.69 Å². The van der Waals surface area contributed by atoms with E-state index in [1.54, 1.807) is 16.7 Å². The van der Waals surface area contributed by atoms with Gasteiger partial charge >= 0.3 is 5.97 Å². The number of aryl methyl sites for hydroxylation is 1. The van der Waals surface area contributed by atoms with E-state index in [1.165, 1.54) is 6.07 Å². The van der Waals surface area contributed by atoms with Gasteiger partial charge in [0.05, 0.1) is 11.4 Å². The highest BCUT2D eigenvalue weighted by Gasteiger charge is 2.20. The van der Waals surface area contributed by atoms with E-state index >= 15 is 0 Å². The van der Waals surface area contributed by atoms with Crippen LogP contribution in [0.3, 0.4) is 0 Å². The molecule has 1 N–H and O–H groups in total. The molecule has 2 aromatic rings. The Morgan fingerprint density at radius 3 is 2.76 bits per heavy atom. The smallest absolute Gasteiger partial charge is 0.313 e. The van der Waals surface area contributed by atoms with E-state index in [0.717, 1.165) is 17.3 Å². The van der Waals surface area contributed by atoms with Crippen molar-refractivity contribution in [2.45, 2.75) is 31.8 Å². The summed E-state index contributed by atoms with van der Waals surface area (Å²) in [6, 6.07) is 4.78. The van der Waals surface area contributed by atoms with E-state index in [9.17, 15) is 9.18 Å². The van der Waals surface area contributed by atoms with Crippen molar-refractivity contribution in [3.05, 3.63) is 35.4 Å². The normalized spacial score (nSPS) is 11.1. The summed E-state index contributed by atoms with van der Waals surface area (Å²) < 4.78 is 15.8. The molecule has 21 heavy (non-hydrogen) atoms. The summed E-state index contributed by atoms with van der Waals surface area (Å²) in [4.78, 5) is 10.7. The van der Waals surface area contributed by atoms with Gasteiger partial charge in [0.1, 0.15) is 11.6 Å². The summed E-state index contributed by atoms with van der Waals surface area (Å²) in [7, 11) is 0. The van der Waals surface area contributed by atoms with Crippen LogP contribution in [0.4, 0.5) is 4.39 Å². The molecule has 0 atom stereocenters. The van der Waals surface area contributed by atoms with Crippen molar-refractivity contribution in [1.29, 1.82) is 0 Å². The average molecular weight is 309 g/mol. The molecule has 0 spiro atoms. The predicted molar refractivity (Wildman–Crippen MR) is 78.5 cm³/mol. The van der Waals surface area contributed by atoms with Crippen LogP contribution in [0, 0.1) is 12.7 Å². The molecule has 0 fully saturated rings. The van der Waals surface area contributed by atoms with Gasteiger partial charge in [0, 0.05) is 5.92 Å². The van der Waals surface area contributed by atoms with Gasteiger partial charge in [0.15, 0.2) is 5.16 Å². The number of benzene rings is 1. The lowest BCUT2D eigenvalue weighted by Crippen LogP contribution is -2.08. The minimum atomic E-state index is -0.953. The molecule has 0 aliphatic heterocycles. The second-order valence-corrected chi connectivity index (χ2v) is 5.91. The number of carboxylic acid groups (broad SMARTS) is 1. The van der Waals surface area contributed by atoms with Crippen molar-refractivity contribution < 1.29 is 14.3 Å². The summed E-state index contributed by atoms with van der Waals surface area (Å²) in [6.45, 7) is 5.73. The Balaban J connectivity index is 2.55. The van der Waals surface area contributed by atoms with Crippen LogP contribution in [-0.4, -0.2) is 31.6 Å². The van der Waals surface area contributed by atoms with Crippen LogP contribution in [0.5, 0.6) is 0 Å². The Morgan fingerprint density at radius 2 is 2.14 bits per heavy atom. The molecule has 0 aliphatic rings. The van der Waals surface area contributed by atoms with Gasteiger partial charge < -0.3 is 5.11 Å². The van der Waals surface area contributed by atoms with Crippen LogP contribution >= 0.6 is 11.8 Å². The first kappa shape index (κ1) is 15.5. The highest BCUT2D eigenvalue weighted by molar-refractivity contribution is 7.99. The third-order valence-electron chi connectivity index (χ3n) is 2.84. The van der Waals surface area contributed by atoms with E-state index in [4.69, 9.17) is 5.11 Å². The summed E-state index contributed by atoms with van der Waals surface area (Å²) >= 11 is 1.03. The SMILES string of the molecule is Cc1ccc(F)c(-n2c(SCC(=O)O)nnc2C(C)C)c1. The molecule has 0 saturated carbocycles. The summed E-state index contributed by atoms with van der Waals surface area (Å²) in [5.74, 6) is -0.849. The fourth-order valence-electron chi connectivity index (χ4n) is 1.90. The standard InChI is InChI=1S/C14H16FN3O2S/c1-8(2)13-16-17-14(21-7-12(19)20)18(13)11-6-9(3)4-5-10(11)15/h4-6,8H,7H2,1-3H3,(H,19,20). The average Bonchev–Trinajstić information content (AvgIpc) is 2.83. The van der Waals surface area contributed by atoms with Gasteiger partial charge in [0.25, 0.3) is 0 Å². The Morgan fingerprint density at radius 1 is 1.43 bits per heavy atom. The van der Waals surface area contributed by atoms with E-state index in [1.807, 2.05) is 20.8 Å². The van der Waals surface area contributed by atoms with Gasteiger partial charge in [0.2, 0.25) is 0 Å². The first-order chi connectivity index (χ1) is 9.90. The molecule has 5 nitrogen and oxygen atoms in total. The van der Waals surface area contributed by atoms with Crippen molar-refractivity contribution in [3.63, 3.8) is 0 Å². The number of rotatable bonds is 5. The zero-order chi connectivity index (χ0) is 15.6. The number of nitrogens with zero attached hydrogens (tertiary/aromatic N) is 3. The topological polar surface area (TPSA) is 68.0 Å². The Hall–Kier alpha value is -1.89. The maximum Gasteiger partial charge on any atom is 0.313 e. The Kier molecular flexibility index (Phi) is 4.62. The van der Waals surface area contributed by atoms with E-state index < -0.39 is 5.97 Å². The van der Waals surface area contributed by atoms with Gasteiger partial charge in [-0.25, -0.2) is 4.39 Å². The summed E-state index contributed by atoms with van der Waals surface area (Å²) in [5, 5.41) is 17.3. The lowest BCUT2D eigenvalue weighted by Gasteiger charge is -2.13. The van der Waals surface area contributed by atoms with Crippen LogP contribution in [0.15, 0.2) is 23.4 Å². The summed E-state index contributed by atoms with van der Waals surface area (Å²) in [6.07, 6.45) is 0. The molecule has 1 aromatic carbocycles. The number of aliphatic carboxylic acids is 1. The predicted octanol–water partition coefficient (Wildman–Crippen LogP) is 3.01. The van der Waals surface area contributed by atoms with Gasteiger partial charge in [-0.05, 0) is 24.6 Å². The van der Waals surface area contributed by atoms with Crippen molar-refractivity contribution in [2.75, 3.05) is 5.75 Å². The zero-order valence-corrected chi connectivity index (χ0v) is 12.8. The molecule has 1 heterocycles. The summed E-state index contributed by atoms with van der Waals surface area (Å²) in [5.41, 5.74) is 1.25. The minimum absolute atomic E-state index is 0.0385. The number of hydrogen-bond donors (Lipinski definition) is 1. The van der Waals surface area contributed by atoms with Crippen LogP contribution in [-0.2, 0) is 4.79 Å². The lowest BCUT2D eigenvalue weighted by molar-refractivity contribution is -0.133. The molecule has 0 aliphatic carbocycles. The van der Waals surface area contributed by atoms with Crippen molar-refractivity contribution in [3.8, 4) is 5.69 Å². The Bertz CT molecular complexity index is 670. The number of aromatic nitrogens is 3. The number of thioether (sulfide) groups is 1. The van der Waals surface area contributed by atoms with Crippen LogP contribution in [0.1, 0.15) is 31.2 Å². The van der Waals surface area contributed by atoms with Gasteiger partial charge in [-0.3, -0.25) is 9.36 Å². The largest absolute Gasteiger partial charge is 0.481 e. The van der Waals surface area contributed by atoms with Crippen LogP contribution < -0.4 is 0 Å². The molecule has 0 amide bonds. The quantitative estimate of drug-likeness (QED) is 0.860. The molecule has 112 valence electrons. The number of hydrogen-bond acceptors (Lipinski definition) is 4. The molecule has 0 unspecified atom stereocenters. The molecule has 1 aromatic heterocycles. The fraction of sp³-hybridized carbons (Fsp3) is 0.357. The van der Waals surface area contributed by atoms with E-state index in [0.29, 0.717) is 16.7 Å². The number of carboxylic acids is 1. The first-order valence-corrected chi connectivity index (χ1v) is 7.45. The molecule has 0 radical (unpaired) electrons. The van der Waals surface area contributed by atoms with Gasteiger partial charge in [-0.1, -0.05) is 31.7 Å². The lowest BCUT2D eigenvalue weighted by atomic mass is 10.2. The molecule has 2 rings (SSSR count). The second kappa shape index (κ2) is 6.26. The Labute approximate surface area is 126 Å². The van der Waals surface area contributed by atoms with Crippen molar-refractivity contribution in [1.82, 2.24) is 14.8 Å². The van der Waals surface area contributed by atoms with Gasteiger partial charge in [-0.2, -0.15) is 0 Å². The molecule has 0 bridgehead atoms. The maximum absolute atomic E-state index is 14.2. The van der Waals surface area contributed by atoms with E-state index in [-0.39, 0.29) is 17.5 Å². The first-order valence-electron chi connectivity index (χ1n) is 6.46. The van der Waals surface area contributed by atoms with Crippen LogP contribution in [0.2, 0.25) is 0 Å². The van der Waals surface area contributed by atoms with Gasteiger partial charge in [-0.15, -0.1) is 10.2 Å². The zero-order valence-electron chi connectivity index (χ0n) is 12.0. The maximum atomic E-state index is 14.2. The molecule has 7 heteroatoms. The second-order valence-electron chi connectivity index (χ2n) is 4.97. The van der Waals surface area contributed by atoms with E-state index in [2.05, 4.69) is 10.2 Å². The highest BCUT2D eigenvalue weighted by atomic mass is 32.2. The van der Waals surface area contributed by atoms with Crippen molar-refractivity contribution >= 4 is 17.7 Å². The molecular formula is C14H16FN3O2S. The number of halogens is 1. The molecular weight excluding hydrogens is 293 g/mol. The highest BCUT2D eigenvalue weighted by Crippen LogP contribution is 2.27. The third-order valence-corrected chi connectivity index (χ3v) is 3.76.